The summed E-state index contributed by atoms with van der Waals surface area (Å²) in [5.41, 5.74) is 5.13. The molecule has 2 rings (SSSR count). The molecule has 132 valence electrons. The number of carbonyl (C=O) groups is 2. The van der Waals surface area contributed by atoms with E-state index in [1.54, 1.807) is 0 Å². The lowest BCUT2D eigenvalue weighted by atomic mass is 10.1. The standard InChI is InChI=1S/C20H23NO3S/c1-13-8-9-17(10-16(13)4)25-12-19(23)24-11-18(22)21-20-14(2)6-5-7-15(20)3/h5-10H,11-12H2,1-4H3,(H,21,22). The number of benzene rings is 2. The third-order valence-corrected chi connectivity index (χ3v) is 4.91. The molecule has 2 aromatic rings. The van der Waals surface area contributed by atoms with E-state index in [9.17, 15) is 9.59 Å². The minimum atomic E-state index is -0.403. The minimum Gasteiger partial charge on any atom is -0.455 e. The Morgan fingerprint density at radius 3 is 2.28 bits per heavy atom. The summed E-state index contributed by atoms with van der Waals surface area (Å²) in [6.45, 7) is 7.66. The number of ether oxygens (including phenoxy) is 1. The first-order valence-corrected chi connectivity index (χ1v) is 9.07. The van der Waals surface area contributed by atoms with Crippen molar-refractivity contribution in [3.05, 3.63) is 58.7 Å². The lowest BCUT2D eigenvalue weighted by Crippen LogP contribution is -2.22. The Hall–Kier alpha value is -2.27. The third-order valence-electron chi connectivity index (χ3n) is 3.94. The second kappa shape index (κ2) is 8.72. The summed E-state index contributed by atoms with van der Waals surface area (Å²) in [6, 6.07) is 11.8. The molecule has 0 aliphatic carbocycles. The van der Waals surface area contributed by atoms with E-state index in [1.165, 1.54) is 22.9 Å². The van der Waals surface area contributed by atoms with Crippen molar-refractivity contribution in [3.8, 4) is 0 Å². The van der Waals surface area contributed by atoms with E-state index >= 15 is 0 Å². The number of rotatable bonds is 6. The number of hydrogen-bond donors (Lipinski definition) is 1. The Kier molecular flexibility index (Phi) is 6.65. The van der Waals surface area contributed by atoms with Gasteiger partial charge in [-0.1, -0.05) is 24.3 Å². The summed E-state index contributed by atoms with van der Waals surface area (Å²) in [5, 5.41) is 2.80. The number of para-hydroxylation sites is 1. The lowest BCUT2D eigenvalue weighted by molar-refractivity contribution is -0.144. The van der Waals surface area contributed by atoms with Crippen LogP contribution in [0.3, 0.4) is 0 Å². The molecule has 0 spiro atoms. The summed E-state index contributed by atoms with van der Waals surface area (Å²) in [5.74, 6) is -0.555. The van der Waals surface area contributed by atoms with Gasteiger partial charge in [-0.3, -0.25) is 9.59 Å². The fourth-order valence-electron chi connectivity index (χ4n) is 2.32. The number of aryl methyl sites for hydroxylation is 4. The van der Waals surface area contributed by atoms with Gasteiger partial charge in [0, 0.05) is 10.6 Å². The Bertz CT molecular complexity index is 766. The van der Waals surface area contributed by atoms with Gasteiger partial charge in [-0.05, 0) is 62.1 Å². The van der Waals surface area contributed by atoms with Crippen LogP contribution in [0.4, 0.5) is 5.69 Å². The second-order valence-electron chi connectivity index (χ2n) is 6.01. The van der Waals surface area contributed by atoms with Crippen LogP contribution in [0.1, 0.15) is 22.3 Å². The Morgan fingerprint density at radius 2 is 1.64 bits per heavy atom. The van der Waals surface area contributed by atoms with Crippen LogP contribution >= 0.6 is 11.8 Å². The van der Waals surface area contributed by atoms with Crippen molar-refractivity contribution >= 4 is 29.3 Å². The molecule has 0 unspecified atom stereocenters. The van der Waals surface area contributed by atoms with Gasteiger partial charge in [0.2, 0.25) is 0 Å². The quantitative estimate of drug-likeness (QED) is 0.622. The highest BCUT2D eigenvalue weighted by atomic mass is 32.2. The molecule has 0 saturated heterocycles. The summed E-state index contributed by atoms with van der Waals surface area (Å²) in [6.07, 6.45) is 0. The largest absolute Gasteiger partial charge is 0.455 e. The molecule has 2 aromatic carbocycles. The first kappa shape index (κ1) is 19.1. The van der Waals surface area contributed by atoms with Crippen LogP contribution in [0.25, 0.3) is 0 Å². The molecule has 1 N–H and O–H groups in total. The Morgan fingerprint density at radius 1 is 0.960 bits per heavy atom. The molecule has 0 atom stereocenters. The van der Waals surface area contributed by atoms with Crippen LogP contribution in [0.2, 0.25) is 0 Å². The van der Waals surface area contributed by atoms with Crippen molar-refractivity contribution in [3.63, 3.8) is 0 Å². The van der Waals surface area contributed by atoms with Gasteiger partial charge < -0.3 is 10.1 Å². The van der Waals surface area contributed by atoms with Crippen molar-refractivity contribution in [2.75, 3.05) is 17.7 Å². The maximum absolute atomic E-state index is 12.0. The fourth-order valence-corrected chi connectivity index (χ4v) is 3.11. The zero-order valence-corrected chi connectivity index (χ0v) is 15.8. The third kappa shape index (κ3) is 5.64. The van der Waals surface area contributed by atoms with Crippen LogP contribution in [0, 0.1) is 27.7 Å². The van der Waals surface area contributed by atoms with Crippen molar-refractivity contribution in [2.45, 2.75) is 32.6 Å². The number of carbonyl (C=O) groups excluding carboxylic acids is 2. The van der Waals surface area contributed by atoms with Crippen molar-refractivity contribution < 1.29 is 14.3 Å². The summed E-state index contributed by atoms with van der Waals surface area (Å²) < 4.78 is 5.06. The van der Waals surface area contributed by atoms with Gasteiger partial charge in [-0.25, -0.2) is 0 Å². The predicted molar refractivity (Wildman–Crippen MR) is 102 cm³/mol. The van der Waals surface area contributed by atoms with Gasteiger partial charge in [0.1, 0.15) is 0 Å². The van der Waals surface area contributed by atoms with Gasteiger partial charge in [0.25, 0.3) is 5.91 Å². The molecule has 4 nitrogen and oxygen atoms in total. The zero-order chi connectivity index (χ0) is 18.4. The van der Waals surface area contributed by atoms with E-state index < -0.39 is 5.97 Å². The van der Waals surface area contributed by atoms with E-state index in [1.807, 2.05) is 64.1 Å². The number of thioether (sulfide) groups is 1. The Balaban J connectivity index is 1.79. The van der Waals surface area contributed by atoms with Crippen LogP contribution in [-0.2, 0) is 14.3 Å². The number of nitrogens with one attached hydrogen (secondary N) is 1. The second-order valence-corrected chi connectivity index (χ2v) is 7.06. The molecule has 0 heterocycles. The maximum atomic E-state index is 12.0. The van der Waals surface area contributed by atoms with E-state index in [2.05, 4.69) is 5.32 Å². The average molecular weight is 357 g/mol. The van der Waals surface area contributed by atoms with Gasteiger partial charge in [-0.15, -0.1) is 11.8 Å². The number of hydrogen-bond acceptors (Lipinski definition) is 4. The van der Waals surface area contributed by atoms with Crippen molar-refractivity contribution in [1.82, 2.24) is 0 Å². The van der Waals surface area contributed by atoms with Gasteiger partial charge in [0.15, 0.2) is 6.61 Å². The van der Waals surface area contributed by atoms with Crippen LogP contribution < -0.4 is 5.32 Å². The molecule has 0 bridgehead atoms. The van der Waals surface area contributed by atoms with E-state index in [4.69, 9.17) is 4.74 Å². The molecular formula is C20H23NO3S. The Labute approximate surface area is 153 Å². The van der Waals surface area contributed by atoms with Gasteiger partial charge >= 0.3 is 5.97 Å². The predicted octanol–water partition coefficient (Wildman–Crippen LogP) is 4.19. The van der Waals surface area contributed by atoms with Crippen molar-refractivity contribution in [2.24, 2.45) is 0 Å². The molecule has 0 aliphatic rings. The molecule has 25 heavy (non-hydrogen) atoms. The van der Waals surface area contributed by atoms with Gasteiger partial charge in [-0.2, -0.15) is 0 Å². The summed E-state index contributed by atoms with van der Waals surface area (Å²) >= 11 is 1.41. The highest BCUT2D eigenvalue weighted by Crippen LogP contribution is 2.21. The number of anilines is 1. The molecule has 0 radical (unpaired) electrons. The first-order valence-electron chi connectivity index (χ1n) is 8.08. The summed E-state index contributed by atoms with van der Waals surface area (Å²) in [4.78, 5) is 24.8. The topological polar surface area (TPSA) is 55.4 Å². The van der Waals surface area contributed by atoms with Gasteiger partial charge in [0.05, 0.1) is 5.75 Å². The monoisotopic (exact) mass is 357 g/mol. The molecule has 0 aliphatic heterocycles. The SMILES string of the molecule is Cc1ccc(SCC(=O)OCC(=O)Nc2c(C)cccc2C)cc1C. The molecule has 0 fully saturated rings. The average Bonchev–Trinajstić information content (AvgIpc) is 2.57. The molecule has 1 amide bonds. The van der Waals surface area contributed by atoms with E-state index in [0.29, 0.717) is 0 Å². The lowest BCUT2D eigenvalue weighted by Gasteiger charge is -2.11. The van der Waals surface area contributed by atoms with E-state index in [-0.39, 0.29) is 18.3 Å². The molecule has 0 aromatic heterocycles. The number of amides is 1. The zero-order valence-electron chi connectivity index (χ0n) is 15.0. The summed E-state index contributed by atoms with van der Waals surface area (Å²) in [7, 11) is 0. The smallest absolute Gasteiger partial charge is 0.316 e. The van der Waals surface area contributed by atoms with Crippen LogP contribution in [0.15, 0.2) is 41.3 Å². The fraction of sp³-hybridized carbons (Fsp3) is 0.300. The van der Waals surface area contributed by atoms with Crippen molar-refractivity contribution in [1.29, 1.82) is 0 Å². The normalized spacial score (nSPS) is 10.4. The maximum Gasteiger partial charge on any atom is 0.316 e. The van der Waals surface area contributed by atoms with Crippen LogP contribution in [-0.4, -0.2) is 24.2 Å². The number of esters is 1. The minimum absolute atomic E-state index is 0.180. The first-order chi connectivity index (χ1) is 11.9. The molecule has 0 saturated carbocycles. The molecular weight excluding hydrogens is 334 g/mol. The van der Waals surface area contributed by atoms with Crippen LogP contribution in [0.5, 0.6) is 0 Å². The highest BCUT2D eigenvalue weighted by Gasteiger charge is 2.11. The highest BCUT2D eigenvalue weighted by molar-refractivity contribution is 8.00. The van der Waals surface area contributed by atoms with E-state index in [0.717, 1.165) is 21.7 Å². The molecule has 5 heteroatoms.